The molecule has 0 aromatic carbocycles. The highest BCUT2D eigenvalue weighted by Gasteiger charge is 2.46. The maximum absolute atomic E-state index is 11.5. The Labute approximate surface area is 86.4 Å². The molecule has 0 aliphatic carbocycles. The molecular weight excluding hydrogens is 199 g/mol. The summed E-state index contributed by atoms with van der Waals surface area (Å²) in [5.74, 6) is -0.0990. The van der Waals surface area contributed by atoms with E-state index in [9.17, 15) is 4.79 Å². The van der Waals surface area contributed by atoms with E-state index in [4.69, 9.17) is 4.74 Å². The Morgan fingerprint density at radius 1 is 1.64 bits per heavy atom. The van der Waals surface area contributed by atoms with E-state index in [0.29, 0.717) is 6.61 Å². The lowest BCUT2D eigenvalue weighted by molar-refractivity contribution is -0.144. The van der Waals surface area contributed by atoms with Crippen LogP contribution in [-0.2, 0) is 9.53 Å². The molecule has 0 bridgehead atoms. The Morgan fingerprint density at radius 3 is 2.71 bits per heavy atom. The summed E-state index contributed by atoms with van der Waals surface area (Å²) in [5.41, 5.74) is 0. The predicted octanol–water partition coefficient (Wildman–Crippen LogP) is 0.950. The molecule has 1 N–H and O–H groups in total. The fourth-order valence-electron chi connectivity index (χ4n) is 1.57. The Balaban J connectivity index is 2.52. The third kappa shape index (κ3) is 2.44. The first-order chi connectivity index (χ1) is 6.49. The SMILES string of the molecule is CCOC(=O)[C@@H]1CC[P+](C)(N(C)C)N1. The molecule has 1 unspecified atom stereocenters. The Hall–Kier alpha value is -0.180. The molecule has 1 fully saturated rings. The first kappa shape index (κ1) is 11.9. The molecule has 0 aromatic heterocycles. The van der Waals surface area contributed by atoms with Gasteiger partial charge in [-0.05, 0) is 6.92 Å². The molecule has 0 spiro atoms. The molecule has 1 rings (SSSR count). The van der Waals surface area contributed by atoms with Crippen molar-refractivity contribution in [3.63, 3.8) is 0 Å². The number of carbonyl (C=O) groups is 1. The van der Waals surface area contributed by atoms with E-state index in [1.54, 1.807) is 0 Å². The van der Waals surface area contributed by atoms with Crippen molar-refractivity contribution in [3.05, 3.63) is 0 Å². The monoisotopic (exact) mass is 219 g/mol. The number of nitrogens with one attached hydrogen (secondary N) is 1. The van der Waals surface area contributed by atoms with E-state index in [1.165, 1.54) is 0 Å². The number of rotatable bonds is 3. The van der Waals surface area contributed by atoms with Gasteiger partial charge in [0.05, 0.1) is 19.4 Å². The molecule has 4 nitrogen and oxygen atoms in total. The highest BCUT2D eigenvalue weighted by Crippen LogP contribution is 2.57. The molecule has 14 heavy (non-hydrogen) atoms. The molecule has 0 saturated carbocycles. The number of carbonyl (C=O) groups excluding carboxylic acids is 1. The normalized spacial score (nSPS) is 32.2. The van der Waals surface area contributed by atoms with Gasteiger partial charge in [0.1, 0.15) is 13.6 Å². The second kappa shape index (κ2) is 4.56. The highest BCUT2D eigenvalue weighted by molar-refractivity contribution is 7.71. The molecule has 0 amide bonds. The van der Waals surface area contributed by atoms with Gasteiger partial charge in [-0.3, -0.25) is 4.79 Å². The van der Waals surface area contributed by atoms with E-state index >= 15 is 0 Å². The van der Waals surface area contributed by atoms with Gasteiger partial charge in [0.2, 0.25) is 0 Å². The van der Waals surface area contributed by atoms with E-state index < -0.39 is 7.56 Å². The largest absolute Gasteiger partial charge is 0.465 e. The first-order valence-corrected chi connectivity index (χ1v) is 7.35. The Morgan fingerprint density at radius 2 is 2.29 bits per heavy atom. The minimum atomic E-state index is -1.24. The minimum Gasteiger partial charge on any atom is -0.465 e. The molecule has 1 aliphatic rings. The summed E-state index contributed by atoms with van der Waals surface area (Å²) < 4.78 is 7.21. The number of hydrogen-bond acceptors (Lipinski definition) is 4. The summed E-state index contributed by atoms with van der Waals surface area (Å²) in [6, 6.07) is -0.0873. The van der Waals surface area contributed by atoms with Crippen LogP contribution in [-0.4, -0.2) is 50.2 Å². The maximum atomic E-state index is 11.5. The summed E-state index contributed by atoms with van der Waals surface area (Å²) in [6.45, 7) is 4.52. The van der Waals surface area contributed by atoms with Gasteiger partial charge in [-0.1, -0.05) is 0 Å². The van der Waals surface area contributed by atoms with Gasteiger partial charge >= 0.3 is 5.97 Å². The van der Waals surface area contributed by atoms with Crippen LogP contribution >= 0.6 is 7.56 Å². The lowest BCUT2D eigenvalue weighted by Gasteiger charge is -2.23. The minimum absolute atomic E-state index is 0.0873. The van der Waals surface area contributed by atoms with Crippen molar-refractivity contribution in [2.75, 3.05) is 33.5 Å². The van der Waals surface area contributed by atoms with Crippen molar-refractivity contribution < 1.29 is 9.53 Å². The van der Waals surface area contributed by atoms with Gasteiger partial charge in [-0.15, -0.1) is 0 Å². The molecule has 2 atom stereocenters. The summed E-state index contributed by atoms with van der Waals surface area (Å²) in [7, 11) is 2.88. The molecular formula is C9H20N2O2P+. The zero-order valence-electron chi connectivity index (χ0n) is 9.41. The zero-order valence-corrected chi connectivity index (χ0v) is 10.3. The van der Waals surface area contributed by atoms with Crippen molar-refractivity contribution in [2.45, 2.75) is 19.4 Å². The van der Waals surface area contributed by atoms with Crippen LogP contribution in [0.3, 0.4) is 0 Å². The number of nitrogens with zero attached hydrogens (tertiary/aromatic N) is 1. The quantitative estimate of drug-likeness (QED) is 0.567. The maximum Gasteiger partial charge on any atom is 0.326 e. The van der Waals surface area contributed by atoms with Crippen LogP contribution in [0.2, 0.25) is 0 Å². The van der Waals surface area contributed by atoms with E-state index in [-0.39, 0.29) is 12.0 Å². The Kier molecular flexibility index (Phi) is 3.87. The van der Waals surface area contributed by atoms with Crippen molar-refractivity contribution in [2.24, 2.45) is 0 Å². The molecule has 82 valence electrons. The van der Waals surface area contributed by atoms with Crippen LogP contribution in [0.4, 0.5) is 0 Å². The lowest BCUT2D eigenvalue weighted by Crippen LogP contribution is -2.34. The van der Waals surface area contributed by atoms with Crippen molar-refractivity contribution in [1.82, 2.24) is 9.76 Å². The van der Waals surface area contributed by atoms with Crippen LogP contribution in [0.25, 0.3) is 0 Å². The fraction of sp³-hybridized carbons (Fsp3) is 0.889. The van der Waals surface area contributed by atoms with Gasteiger partial charge < -0.3 is 4.74 Å². The topological polar surface area (TPSA) is 41.6 Å². The predicted molar refractivity (Wildman–Crippen MR) is 59.6 cm³/mol. The second-order valence-corrected chi connectivity index (χ2v) is 7.72. The third-order valence-corrected chi connectivity index (χ3v) is 6.50. The molecule has 1 heterocycles. The van der Waals surface area contributed by atoms with Crippen molar-refractivity contribution in [1.29, 1.82) is 0 Å². The van der Waals surface area contributed by atoms with Crippen molar-refractivity contribution in [3.8, 4) is 0 Å². The number of esters is 1. The first-order valence-electron chi connectivity index (χ1n) is 4.97. The van der Waals surface area contributed by atoms with Gasteiger partial charge in [0, 0.05) is 20.5 Å². The second-order valence-electron chi connectivity index (χ2n) is 3.93. The Bertz CT molecular complexity index is 223. The summed E-state index contributed by atoms with van der Waals surface area (Å²) >= 11 is 0. The molecule has 5 heteroatoms. The van der Waals surface area contributed by atoms with E-state index in [0.717, 1.165) is 12.6 Å². The van der Waals surface area contributed by atoms with E-state index in [2.05, 4.69) is 30.5 Å². The summed E-state index contributed by atoms with van der Waals surface area (Å²) in [6.07, 6.45) is 1.99. The van der Waals surface area contributed by atoms with Crippen LogP contribution in [0, 0.1) is 0 Å². The smallest absolute Gasteiger partial charge is 0.326 e. The summed E-state index contributed by atoms with van der Waals surface area (Å²) in [5, 5.41) is 3.41. The van der Waals surface area contributed by atoms with Crippen LogP contribution < -0.4 is 5.09 Å². The van der Waals surface area contributed by atoms with Gasteiger partial charge in [-0.25, -0.2) is 0 Å². The third-order valence-electron chi connectivity index (χ3n) is 2.74. The van der Waals surface area contributed by atoms with Gasteiger partial charge in [0.25, 0.3) is 0 Å². The summed E-state index contributed by atoms with van der Waals surface area (Å²) in [4.78, 5) is 11.5. The molecule has 1 saturated heterocycles. The molecule has 0 radical (unpaired) electrons. The molecule has 0 aromatic rings. The van der Waals surface area contributed by atoms with Crippen molar-refractivity contribution >= 4 is 13.5 Å². The average Bonchev–Trinajstić information content (AvgIpc) is 2.50. The highest BCUT2D eigenvalue weighted by atomic mass is 31.2. The van der Waals surface area contributed by atoms with E-state index in [1.807, 2.05) is 6.92 Å². The fourth-order valence-corrected chi connectivity index (χ4v) is 4.00. The molecule has 1 aliphatic heterocycles. The van der Waals surface area contributed by atoms with Gasteiger partial charge in [-0.2, -0.15) is 9.76 Å². The van der Waals surface area contributed by atoms with Crippen LogP contribution in [0.15, 0.2) is 0 Å². The van der Waals surface area contributed by atoms with Crippen LogP contribution in [0.5, 0.6) is 0 Å². The number of ether oxygens (including phenoxy) is 1. The average molecular weight is 219 g/mol. The number of hydrogen-bond donors (Lipinski definition) is 1. The standard InChI is InChI=1S/C9H20N2O2P/c1-5-13-9(12)8-6-7-14(4,10-8)11(2)3/h8,10H,5-7H2,1-4H3/q+1/t8-,14?/m0/s1. The lowest BCUT2D eigenvalue weighted by atomic mass is 10.2. The van der Waals surface area contributed by atoms with Gasteiger partial charge in [0.15, 0.2) is 0 Å². The van der Waals surface area contributed by atoms with Crippen LogP contribution in [0.1, 0.15) is 13.3 Å². The zero-order chi connectivity index (χ0) is 10.8.